The quantitative estimate of drug-likeness (QED) is 0.320. The molecule has 4 amide bonds. The summed E-state index contributed by atoms with van der Waals surface area (Å²) in [5.74, 6) is -1.01. The average Bonchev–Trinajstić information content (AvgIpc) is 2.89. The van der Waals surface area contributed by atoms with Gasteiger partial charge in [-0.25, -0.2) is 4.79 Å². The summed E-state index contributed by atoms with van der Waals surface area (Å²) < 4.78 is 0. The number of aliphatic hydroxyl groups excluding tert-OH is 1. The number of rotatable bonds is 8. The van der Waals surface area contributed by atoms with Crippen molar-refractivity contribution in [1.29, 1.82) is 0 Å². The molecule has 0 bridgehead atoms. The SMILES string of the molecule is CCCC(C)C1(CC)C(=O)NC(=O)NC1=O.CCO.CN(C)CCCN1c2ccccc2Sc2ccc(Cl)cc21. The third-order valence-corrected chi connectivity index (χ3v) is 8.33. The lowest BCUT2D eigenvalue weighted by Gasteiger charge is -2.37. The number of carbonyl (C=O) groups is 3. The number of aliphatic hydroxyl groups is 1. The maximum absolute atomic E-state index is 11.9. The fourth-order valence-corrected chi connectivity index (χ4v) is 6.19. The molecule has 0 radical (unpaired) electrons. The first-order valence-electron chi connectivity index (χ1n) is 13.8. The lowest BCUT2D eigenvalue weighted by atomic mass is 9.70. The van der Waals surface area contributed by atoms with Crippen LogP contribution in [0.15, 0.2) is 52.3 Å². The lowest BCUT2D eigenvalue weighted by Crippen LogP contribution is -2.64. The second kappa shape index (κ2) is 16.0. The van der Waals surface area contributed by atoms with Crippen molar-refractivity contribution in [2.24, 2.45) is 11.3 Å². The molecule has 10 heteroatoms. The van der Waals surface area contributed by atoms with Crippen LogP contribution in [0.2, 0.25) is 5.02 Å². The van der Waals surface area contributed by atoms with Gasteiger partial charge >= 0.3 is 6.03 Å². The standard InChI is InChI=1S/C17H19ClN2S.C11H18N2O3.C2H6O/c1-19(2)10-5-11-20-14-6-3-4-7-16(14)21-17-9-8-13(18)12-15(17)20;1-4-6-7(3)11(5-2)8(14)12-10(16)13-9(11)15;1-2-3/h3-4,6-9,12H,5,10-11H2,1-2H3;7H,4-6H2,1-3H3,(H2,12,13,14,15,16);3H,2H2,1H3. The van der Waals surface area contributed by atoms with Gasteiger partial charge in [-0.1, -0.05) is 62.7 Å². The van der Waals surface area contributed by atoms with E-state index in [1.807, 2.05) is 31.7 Å². The summed E-state index contributed by atoms with van der Waals surface area (Å²) in [6.07, 6.45) is 3.21. The van der Waals surface area contributed by atoms with Crippen LogP contribution in [0.4, 0.5) is 16.2 Å². The Labute approximate surface area is 247 Å². The van der Waals surface area contributed by atoms with Gasteiger partial charge in [0.05, 0.1) is 11.4 Å². The first-order chi connectivity index (χ1) is 19.0. The highest BCUT2D eigenvalue weighted by Crippen LogP contribution is 2.48. The Balaban J connectivity index is 0.000000264. The second-order valence-electron chi connectivity index (χ2n) is 10.1. The molecule has 0 aliphatic carbocycles. The second-order valence-corrected chi connectivity index (χ2v) is 11.6. The Hall–Kier alpha value is -2.59. The minimum atomic E-state index is -1.09. The number of anilines is 2. The molecule has 40 heavy (non-hydrogen) atoms. The van der Waals surface area contributed by atoms with Crippen molar-refractivity contribution >= 4 is 52.6 Å². The molecule has 1 unspecified atom stereocenters. The van der Waals surface area contributed by atoms with E-state index in [1.165, 1.54) is 21.2 Å². The van der Waals surface area contributed by atoms with Crippen LogP contribution in [0.5, 0.6) is 0 Å². The fourth-order valence-electron chi connectivity index (χ4n) is 4.95. The van der Waals surface area contributed by atoms with Crippen molar-refractivity contribution in [3.8, 4) is 0 Å². The highest BCUT2D eigenvalue weighted by Gasteiger charge is 2.52. The number of carbonyl (C=O) groups excluding carboxylic acids is 3. The van der Waals surface area contributed by atoms with Crippen molar-refractivity contribution in [3.05, 3.63) is 47.5 Å². The van der Waals surface area contributed by atoms with E-state index < -0.39 is 23.3 Å². The molecule has 2 aromatic rings. The normalized spacial score (nSPS) is 15.9. The topological polar surface area (TPSA) is 102 Å². The van der Waals surface area contributed by atoms with Gasteiger partial charge in [0, 0.05) is 28.0 Å². The van der Waals surface area contributed by atoms with Crippen molar-refractivity contribution < 1.29 is 19.5 Å². The molecule has 0 aromatic heterocycles. The lowest BCUT2D eigenvalue weighted by molar-refractivity contribution is -0.148. The number of imide groups is 2. The predicted octanol–water partition coefficient (Wildman–Crippen LogP) is 6.08. The number of halogens is 1. The number of para-hydroxylation sites is 1. The van der Waals surface area contributed by atoms with Gasteiger partial charge in [0.25, 0.3) is 0 Å². The van der Waals surface area contributed by atoms with Gasteiger partial charge in [-0.2, -0.15) is 0 Å². The zero-order valence-electron chi connectivity index (χ0n) is 24.4. The van der Waals surface area contributed by atoms with Crippen LogP contribution in [-0.4, -0.2) is 61.6 Å². The fraction of sp³-hybridized carbons (Fsp3) is 0.500. The average molecular weight is 591 g/mol. The zero-order chi connectivity index (χ0) is 29.9. The Morgan fingerprint density at radius 3 is 2.17 bits per heavy atom. The molecule has 4 rings (SSSR count). The van der Waals surface area contributed by atoms with E-state index in [4.69, 9.17) is 16.7 Å². The molecule has 2 aromatic carbocycles. The van der Waals surface area contributed by atoms with E-state index in [0.717, 1.165) is 37.4 Å². The van der Waals surface area contributed by atoms with E-state index >= 15 is 0 Å². The monoisotopic (exact) mass is 590 g/mol. The van der Waals surface area contributed by atoms with E-state index in [9.17, 15) is 14.4 Å². The van der Waals surface area contributed by atoms with Gasteiger partial charge in [0.2, 0.25) is 11.8 Å². The zero-order valence-corrected chi connectivity index (χ0v) is 26.0. The van der Waals surface area contributed by atoms with Crippen molar-refractivity contribution in [1.82, 2.24) is 15.5 Å². The Bertz CT molecular complexity index is 1140. The number of barbiturate groups is 1. The molecular formula is C30H43ClN4O4S. The number of nitrogens with zero attached hydrogens (tertiary/aromatic N) is 2. The van der Waals surface area contributed by atoms with Gasteiger partial charge in [0.1, 0.15) is 5.41 Å². The molecule has 1 atom stereocenters. The van der Waals surface area contributed by atoms with E-state index in [1.54, 1.807) is 13.8 Å². The summed E-state index contributed by atoms with van der Waals surface area (Å²) in [6.45, 7) is 9.69. The number of fused-ring (bicyclic) bond motifs is 2. The van der Waals surface area contributed by atoms with Crippen LogP contribution in [0.1, 0.15) is 53.4 Å². The van der Waals surface area contributed by atoms with Crippen LogP contribution in [0.3, 0.4) is 0 Å². The molecule has 3 N–H and O–H groups in total. The smallest absolute Gasteiger partial charge is 0.328 e. The number of hydrogen-bond donors (Lipinski definition) is 3. The molecule has 0 saturated carbocycles. The van der Waals surface area contributed by atoms with Gasteiger partial charge < -0.3 is 14.9 Å². The Morgan fingerprint density at radius 2 is 1.60 bits per heavy atom. The number of hydrogen-bond acceptors (Lipinski definition) is 7. The number of benzene rings is 2. The van der Waals surface area contributed by atoms with Gasteiger partial charge in [-0.15, -0.1) is 0 Å². The van der Waals surface area contributed by atoms with E-state index in [2.05, 4.69) is 70.9 Å². The first kappa shape index (κ1) is 33.6. The predicted molar refractivity (Wildman–Crippen MR) is 163 cm³/mol. The third-order valence-electron chi connectivity index (χ3n) is 6.96. The van der Waals surface area contributed by atoms with Gasteiger partial charge in [0.15, 0.2) is 0 Å². The summed E-state index contributed by atoms with van der Waals surface area (Å²) in [7, 11) is 4.23. The summed E-state index contributed by atoms with van der Waals surface area (Å²) in [5.41, 5.74) is 1.42. The van der Waals surface area contributed by atoms with Gasteiger partial charge in [-0.3, -0.25) is 20.2 Å². The Morgan fingerprint density at radius 1 is 1.00 bits per heavy atom. The maximum atomic E-state index is 11.9. The molecule has 1 saturated heterocycles. The van der Waals surface area contributed by atoms with Crippen LogP contribution >= 0.6 is 23.4 Å². The van der Waals surface area contributed by atoms with E-state index in [0.29, 0.717) is 6.42 Å². The van der Waals surface area contributed by atoms with Crippen molar-refractivity contribution in [3.63, 3.8) is 0 Å². The molecule has 0 spiro atoms. The van der Waals surface area contributed by atoms with Gasteiger partial charge in [-0.05, 0) is 83.1 Å². The largest absolute Gasteiger partial charge is 0.397 e. The minimum Gasteiger partial charge on any atom is -0.397 e. The maximum Gasteiger partial charge on any atom is 0.328 e. The number of nitrogens with one attached hydrogen (secondary N) is 2. The first-order valence-corrected chi connectivity index (χ1v) is 15.0. The minimum absolute atomic E-state index is 0.0735. The van der Waals surface area contributed by atoms with Crippen LogP contribution in [0.25, 0.3) is 0 Å². The molecular weight excluding hydrogens is 548 g/mol. The number of amides is 4. The highest BCUT2D eigenvalue weighted by atomic mass is 35.5. The van der Waals surface area contributed by atoms with E-state index in [-0.39, 0.29) is 12.5 Å². The molecule has 2 aliphatic heterocycles. The summed E-state index contributed by atoms with van der Waals surface area (Å²) >= 11 is 8.03. The van der Waals surface area contributed by atoms with Crippen LogP contribution in [0, 0.1) is 11.3 Å². The molecule has 8 nitrogen and oxygen atoms in total. The summed E-state index contributed by atoms with van der Waals surface area (Å²) in [6, 6.07) is 14.0. The summed E-state index contributed by atoms with van der Waals surface area (Å²) in [4.78, 5) is 42.0. The van der Waals surface area contributed by atoms with Crippen molar-refractivity contribution in [2.45, 2.75) is 63.2 Å². The highest BCUT2D eigenvalue weighted by molar-refractivity contribution is 7.99. The van der Waals surface area contributed by atoms with Crippen LogP contribution in [-0.2, 0) is 9.59 Å². The van der Waals surface area contributed by atoms with Crippen LogP contribution < -0.4 is 15.5 Å². The number of urea groups is 1. The molecule has 2 heterocycles. The van der Waals surface area contributed by atoms with Crippen molar-refractivity contribution in [2.75, 3.05) is 38.7 Å². The molecule has 220 valence electrons. The summed E-state index contributed by atoms with van der Waals surface area (Å²) in [5, 5.41) is 12.7. The molecule has 1 fully saturated rings. The third kappa shape index (κ3) is 8.22. The Kier molecular flexibility index (Phi) is 13.4. The molecule has 2 aliphatic rings.